The normalized spacial score (nSPS) is 11.4. The van der Waals surface area contributed by atoms with Crippen LogP contribution in [0.1, 0.15) is 84.0 Å². The molecular weight excluding hydrogens is 458 g/mol. The molecule has 0 amide bonds. The Kier molecular flexibility index (Phi) is 9.91. The van der Waals surface area contributed by atoms with Crippen LogP contribution in [0.25, 0.3) is 22.2 Å². The Labute approximate surface area is 212 Å². The number of aromatic hydroxyl groups is 5. The van der Waals surface area contributed by atoms with E-state index in [1.807, 2.05) is 0 Å². The van der Waals surface area contributed by atoms with Crippen LogP contribution in [0.5, 0.6) is 28.7 Å². The molecule has 7 nitrogen and oxygen atoms in total. The number of hydrogen-bond donors (Lipinski definition) is 5. The number of rotatable bonds is 14. The standard InChI is InChI=1S/C29H39NO6/c1-2-3-4-5-6-7-8-9-10-11-12-13-16-30-22-18-21(31)19-25(34)26(22)28(35)29(36)27(30)20-14-15-23(32)24(33)17-20/h14-15,17-19,31-34,36H,2-13,16H2,1H3. The molecule has 0 aliphatic carbocycles. The van der Waals surface area contributed by atoms with E-state index in [0.29, 0.717) is 17.6 Å². The topological polar surface area (TPSA) is 123 Å². The van der Waals surface area contributed by atoms with Gasteiger partial charge in [0.2, 0.25) is 5.43 Å². The van der Waals surface area contributed by atoms with E-state index in [2.05, 4.69) is 6.92 Å². The molecule has 0 saturated carbocycles. The Hall–Kier alpha value is -3.35. The highest BCUT2D eigenvalue weighted by Crippen LogP contribution is 2.38. The summed E-state index contributed by atoms with van der Waals surface area (Å²) in [5, 5.41) is 50.9. The maximum absolute atomic E-state index is 12.9. The number of nitrogens with zero attached hydrogens (tertiary/aromatic N) is 1. The van der Waals surface area contributed by atoms with Gasteiger partial charge in [0.25, 0.3) is 0 Å². The number of fused-ring (bicyclic) bond motifs is 1. The van der Waals surface area contributed by atoms with Crippen molar-refractivity contribution in [1.29, 1.82) is 0 Å². The van der Waals surface area contributed by atoms with Crippen molar-refractivity contribution in [2.24, 2.45) is 0 Å². The average Bonchev–Trinajstić information content (AvgIpc) is 2.84. The fourth-order valence-electron chi connectivity index (χ4n) is 4.82. The summed E-state index contributed by atoms with van der Waals surface area (Å²) in [6.45, 7) is 2.66. The molecule has 36 heavy (non-hydrogen) atoms. The number of benzene rings is 2. The number of unbranched alkanes of at least 4 members (excludes halogenated alkanes) is 11. The van der Waals surface area contributed by atoms with Gasteiger partial charge in [-0.2, -0.15) is 0 Å². The molecule has 1 heterocycles. The summed E-state index contributed by atoms with van der Waals surface area (Å²) in [6, 6.07) is 6.52. The van der Waals surface area contributed by atoms with Crippen molar-refractivity contribution in [3.63, 3.8) is 0 Å². The highest BCUT2D eigenvalue weighted by Gasteiger charge is 2.21. The number of phenols is 4. The van der Waals surface area contributed by atoms with E-state index in [0.717, 1.165) is 31.7 Å². The highest BCUT2D eigenvalue weighted by atomic mass is 16.3. The van der Waals surface area contributed by atoms with Gasteiger partial charge in [0.15, 0.2) is 17.2 Å². The SMILES string of the molecule is CCCCCCCCCCCCCCn1c(-c2ccc(O)c(O)c2)c(O)c(=O)c2c(O)cc(O)cc21. The Bertz CT molecular complexity index is 1220. The summed E-state index contributed by atoms with van der Waals surface area (Å²) in [5.41, 5.74) is 0.0244. The Morgan fingerprint density at radius 3 is 1.83 bits per heavy atom. The van der Waals surface area contributed by atoms with Crippen LogP contribution in [0.15, 0.2) is 35.1 Å². The number of aryl methyl sites for hydroxylation is 1. The zero-order valence-electron chi connectivity index (χ0n) is 21.2. The lowest BCUT2D eigenvalue weighted by Crippen LogP contribution is -2.13. The predicted octanol–water partition coefficient (Wildman–Crippen LogP) is 6.90. The summed E-state index contributed by atoms with van der Waals surface area (Å²) < 4.78 is 1.69. The molecule has 0 aliphatic heterocycles. The van der Waals surface area contributed by atoms with E-state index in [1.54, 1.807) is 4.57 Å². The van der Waals surface area contributed by atoms with Gasteiger partial charge < -0.3 is 30.1 Å². The first-order chi connectivity index (χ1) is 17.3. The fourth-order valence-corrected chi connectivity index (χ4v) is 4.82. The summed E-state index contributed by atoms with van der Waals surface area (Å²) in [5.74, 6) is -1.87. The van der Waals surface area contributed by atoms with Gasteiger partial charge in [-0.15, -0.1) is 0 Å². The fraction of sp³-hybridized carbons (Fsp3) is 0.483. The molecular formula is C29H39NO6. The number of aromatic nitrogens is 1. The molecule has 7 heteroatoms. The predicted molar refractivity (Wildman–Crippen MR) is 143 cm³/mol. The molecule has 0 spiro atoms. The molecule has 3 aromatic rings. The van der Waals surface area contributed by atoms with Crippen molar-refractivity contribution >= 4 is 10.9 Å². The van der Waals surface area contributed by atoms with Crippen molar-refractivity contribution < 1.29 is 25.5 Å². The largest absolute Gasteiger partial charge is 0.508 e. The van der Waals surface area contributed by atoms with Gasteiger partial charge in [0, 0.05) is 24.2 Å². The summed E-state index contributed by atoms with van der Waals surface area (Å²) in [4.78, 5) is 12.9. The van der Waals surface area contributed by atoms with Gasteiger partial charge >= 0.3 is 0 Å². The lowest BCUT2D eigenvalue weighted by Gasteiger charge is -2.19. The highest BCUT2D eigenvalue weighted by molar-refractivity contribution is 5.91. The van der Waals surface area contributed by atoms with Crippen molar-refractivity contribution in [3.05, 3.63) is 40.6 Å². The smallest absolute Gasteiger partial charge is 0.235 e. The molecule has 5 N–H and O–H groups in total. The van der Waals surface area contributed by atoms with Crippen LogP contribution < -0.4 is 5.43 Å². The molecule has 0 unspecified atom stereocenters. The number of hydrogen-bond acceptors (Lipinski definition) is 6. The minimum atomic E-state index is -0.768. The second-order valence-electron chi connectivity index (χ2n) is 9.63. The quantitative estimate of drug-likeness (QED) is 0.122. The molecule has 3 rings (SSSR count). The molecule has 2 aromatic carbocycles. The third kappa shape index (κ3) is 6.65. The van der Waals surface area contributed by atoms with Crippen molar-refractivity contribution in [2.45, 2.75) is 90.5 Å². The van der Waals surface area contributed by atoms with Gasteiger partial charge in [0.05, 0.1) is 16.6 Å². The van der Waals surface area contributed by atoms with Crippen LogP contribution in [0.4, 0.5) is 0 Å². The molecule has 0 saturated heterocycles. The van der Waals surface area contributed by atoms with Crippen LogP contribution in [0, 0.1) is 0 Å². The van der Waals surface area contributed by atoms with Gasteiger partial charge in [0.1, 0.15) is 11.5 Å². The molecule has 0 bridgehead atoms. The minimum absolute atomic E-state index is 0.0732. The summed E-state index contributed by atoms with van der Waals surface area (Å²) >= 11 is 0. The van der Waals surface area contributed by atoms with Crippen molar-refractivity contribution in [3.8, 4) is 40.0 Å². The minimum Gasteiger partial charge on any atom is -0.508 e. The lowest BCUT2D eigenvalue weighted by atomic mass is 10.0. The molecule has 0 fully saturated rings. The Morgan fingerprint density at radius 2 is 1.25 bits per heavy atom. The van der Waals surface area contributed by atoms with Gasteiger partial charge in [-0.1, -0.05) is 77.6 Å². The molecule has 0 radical (unpaired) electrons. The first kappa shape index (κ1) is 27.2. The zero-order valence-corrected chi connectivity index (χ0v) is 21.2. The van der Waals surface area contributed by atoms with Crippen LogP contribution >= 0.6 is 0 Å². The molecule has 196 valence electrons. The van der Waals surface area contributed by atoms with Gasteiger partial charge in [-0.3, -0.25) is 4.79 Å². The first-order valence-electron chi connectivity index (χ1n) is 13.2. The van der Waals surface area contributed by atoms with Crippen LogP contribution in [-0.4, -0.2) is 30.1 Å². The van der Waals surface area contributed by atoms with E-state index in [-0.39, 0.29) is 28.3 Å². The molecule has 1 aromatic heterocycles. The van der Waals surface area contributed by atoms with Crippen molar-refractivity contribution in [2.75, 3.05) is 0 Å². The second kappa shape index (κ2) is 13.1. The summed E-state index contributed by atoms with van der Waals surface area (Å²) in [7, 11) is 0. The van der Waals surface area contributed by atoms with Crippen LogP contribution in [0.3, 0.4) is 0 Å². The Balaban J connectivity index is 1.73. The average molecular weight is 498 g/mol. The summed E-state index contributed by atoms with van der Waals surface area (Å²) in [6.07, 6.45) is 14.3. The second-order valence-corrected chi connectivity index (χ2v) is 9.63. The lowest BCUT2D eigenvalue weighted by molar-refractivity contribution is 0.404. The van der Waals surface area contributed by atoms with E-state index >= 15 is 0 Å². The van der Waals surface area contributed by atoms with E-state index in [4.69, 9.17) is 0 Å². The maximum Gasteiger partial charge on any atom is 0.235 e. The van der Waals surface area contributed by atoms with Gasteiger partial charge in [-0.05, 0) is 24.6 Å². The monoisotopic (exact) mass is 497 g/mol. The third-order valence-corrected chi connectivity index (χ3v) is 6.79. The van der Waals surface area contributed by atoms with Crippen LogP contribution in [0.2, 0.25) is 0 Å². The van der Waals surface area contributed by atoms with E-state index in [1.165, 1.54) is 75.6 Å². The third-order valence-electron chi connectivity index (χ3n) is 6.79. The molecule has 0 aliphatic rings. The maximum atomic E-state index is 12.9. The Morgan fingerprint density at radius 1 is 0.667 bits per heavy atom. The van der Waals surface area contributed by atoms with Gasteiger partial charge in [-0.25, -0.2) is 0 Å². The number of pyridine rings is 1. The van der Waals surface area contributed by atoms with Crippen LogP contribution in [-0.2, 0) is 6.54 Å². The zero-order chi connectivity index (χ0) is 26.1. The van der Waals surface area contributed by atoms with Crippen molar-refractivity contribution in [1.82, 2.24) is 4.57 Å². The first-order valence-corrected chi connectivity index (χ1v) is 13.2. The van der Waals surface area contributed by atoms with E-state index in [9.17, 15) is 30.3 Å². The van der Waals surface area contributed by atoms with E-state index < -0.39 is 16.9 Å². The molecule has 0 atom stereocenters. The number of phenolic OH excluding ortho intramolecular Hbond substituents is 4.